The van der Waals surface area contributed by atoms with E-state index in [1.54, 1.807) is 49.3 Å². The Kier molecular flexibility index (Phi) is 7.91. The van der Waals surface area contributed by atoms with Crippen molar-refractivity contribution in [1.29, 1.82) is 0 Å². The number of hydrogen-bond donors (Lipinski definition) is 1. The molecule has 2 heterocycles. The van der Waals surface area contributed by atoms with Crippen LogP contribution in [-0.2, 0) is 26.0 Å². The number of rotatable bonds is 7. The molecule has 9 nitrogen and oxygen atoms in total. The molecule has 1 unspecified atom stereocenters. The molecule has 4 rings (SSSR count). The van der Waals surface area contributed by atoms with Gasteiger partial charge >= 0.3 is 0 Å². The molecular formula is C25H30BrN3O6S. The monoisotopic (exact) mass is 579 g/mol. The van der Waals surface area contributed by atoms with Gasteiger partial charge in [0.25, 0.3) is 0 Å². The van der Waals surface area contributed by atoms with Crippen molar-refractivity contribution < 1.29 is 27.5 Å². The predicted octanol–water partition coefficient (Wildman–Crippen LogP) is 3.80. The quantitative estimate of drug-likeness (QED) is 0.534. The van der Waals surface area contributed by atoms with E-state index in [4.69, 9.17) is 9.47 Å². The van der Waals surface area contributed by atoms with Crippen LogP contribution >= 0.6 is 15.9 Å². The number of benzene rings is 2. The van der Waals surface area contributed by atoms with Crippen molar-refractivity contribution in [2.75, 3.05) is 44.1 Å². The largest absolute Gasteiger partial charge is 0.497 e. The molecule has 2 amide bonds. The topological polar surface area (TPSA) is 105 Å². The molecule has 194 valence electrons. The Morgan fingerprint density at radius 3 is 2.61 bits per heavy atom. The third-order valence-electron chi connectivity index (χ3n) is 6.67. The highest BCUT2D eigenvalue weighted by Gasteiger charge is 2.36. The fraction of sp³-hybridized carbons (Fsp3) is 0.440. The summed E-state index contributed by atoms with van der Waals surface area (Å²) in [6, 6.07) is 8.45. The van der Waals surface area contributed by atoms with E-state index in [-0.39, 0.29) is 23.3 Å². The van der Waals surface area contributed by atoms with E-state index >= 15 is 0 Å². The average molecular weight is 581 g/mol. The molecule has 2 aliphatic rings. The van der Waals surface area contributed by atoms with Gasteiger partial charge in [0, 0.05) is 42.3 Å². The summed E-state index contributed by atoms with van der Waals surface area (Å²) in [5, 5.41) is 2.87. The molecule has 2 aromatic rings. The summed E-state index contributed by atoms with van der Waals surface area (Å²) >= 11 is 3.43. The Labute approximate surface area is 219 Å². The van der Waals surface area contributed by atoms with Crippen LogP contribution in [0.1, 0.15) is 31.7 Å². The van der Waals surface area contributed by atoms with Crippen molar-refractivity contribution in [3.05, 3.63) is 40.4 Å². The van der Waals surface area contributed by atoms with Crippen molar-refractivity contribution >= 4 is 49.1 Å². The van der Waals surface area contributed by atoms with Gasteiger partial charge in [-0.2, -0.15) is 4.31 Å². The molecule has 1 saturated heterocycles. The number of nitrogens with one attached hydrogen (secondary N) is 1. The summed E-state index contributed by atoms with van der Waals surface area (Å²) in [6.07, 6.45) is 2.15. The summed E-state index contributed by atoms with van der Waals surface area (Å²) in [4.78, 5) is 27.2. The van der Waals surface area contributed by atoms with Crippen molar-refractivity contribution in [3.63, 3.8) is 0 Å². The number of piperidine rings is 1. The molecule has 1 atom stereocenters. The summed E-state index contributed by atoms with van der Waals surface area (Å²) < 4.78 is 39.7. The number of halogens is 1. The third kappa shape index (κ3) is 5.09. The lowest BCUT2D eigenvalue weighted by atomic mass is 9.98. The van der Waals surface area contributed by atoms with Gasteiger partial charge in [-0.3, -0.25) is 9.59 Å². The summed E-state index contributed by atoms with van der Waals surface area (Å²) in [5.41, 5.74) is 2.07. The Hall–Kier alpha value is -2.63. The molecule has 1 fully saturated rings. The molecule has 2 aliphatic heterocycles. The molecule has 0 radical (unpaired) electrons. The van der Waals surface area contributed by atoms with Crippen LogP contribution in [0.2, 0.25) is 0 Å². The van der Waals surface area contributed by atoms with Crippen molar-refractivity contribution in [2.45, 2.75) is 37.5 Å². The van der Waals surface area contributed by atoms with Gasteiger partial charge in [-0.1, -0.05) is 6.92 Å². The zero-order chi connectivity index (χ0) is 26.0. The van der Waals surface area contributed by atoms with Gasteiger partial charge in [-0.05, 0) is 65.0 Å². The number of fused-ring (bicyclic) bond motifs is 1. The molecule has 1 N–H and O–H groups in total. The van der Waals surface area contributed by atoms with Gasteiger partial charge in [0.2, 0.25) is 21.8 Å². The highest BCUT2D eigenvalue weighted by Crippen LogP contribution is 2.38. The normalized spacial score (nSPS) is 18.0. The summed E-state index contributed by atoms with van der Waals surface area (Å²) in [6.45, 7) is 2.71. The number of hydrogen-bond acceptors (Lipinski definition) is 6. The lowest BCUT2D eigenvalue weighted by Crippen LogP contribution is -2.43. The highest BCUT2D eigenvalue weighted by molar-refractivity contribution is 9.10. The molecular weight excluding hydrogens is 550 g/mol. The van der Waals surface area contributed by atoms with Crippen molar-refractivity contribution in [3.8, 4) is 11.5 Å². The molecule has 11 heteroatoms. The predicted molar refractivity (Wildman–Crippen MR) is 140 cm³/mol. The molecule has 0 bridgehead atoms. The van der Waals surface area contributed by atoms with Crippen LogP contribution in [0.3, 0.4) is 0 Å². The van der Waals surface area contributed by atoms with Crippen LogP contribution in [0.15, 0.2) is 39.7 Å². The molecule has 0 spiro atoms. The number of ether oxygens (including phenoxy) is 2. The first kappa shape index (κ1) is 26.4. The van der Waals surface area contributed by atoms with Gasteiger partial charge in [0.1, 0.15) is 11.5 Å². The van der Waals surface area contributed by atoms with E-state index in [0.29, 0.717) is 66.1 Å². The van der Waals surface area contributed by atoms with Crippen molar-refractivity contribution in [2.24, 2.45) is 5.92 Å². The molecule has 2 aromatic carbocycles. The zero-order valence-corrected chi connectivity index (χ0v) is 22.9. The van der Waals surface area contributed by atoms with Crippen LogP contribution in [0.25, 0.3) is 0 Å². The smallest absolute Gasteiger partial charge is 0.244 e. The fourth-order valence-corrected chi connectivity index (χ4v) is 7.28. The van der Waals surface area contributed by atoms with Gasteiger partial charge in [-0.15, -0.1) is 0 Å². The second kappa shape index (κ2) is 10.8. The van der Waals surface area contributed by atoms with E-state index in [1.165, 1.54) is 11.4 Å². The van der Waals surface area contributed by atoms with E-state index in [1.807, 2.05) is 0 Å². The van der Waals surface area contributed by atoms with Gasteiger partial charge in [-0.25, -0.2) is 8.42 Å². The first-order valence-corrected chi connectivity index (χ1v) is 14.1. The number of methoxy groups -OCH3 is 2. The average Bonchev–Trinajstić information content (AvgIpc) is 3.30. The fourth-order valence-electron chi connectivity index (χ4n) is 4.69. The maximum atomic E-state index is 13.7. The van der Waals surface area contributed by atoms with Crippen LogP contribution in [0.5, 0.6) is 11.5 Å². The van der Waals surface area contributed by atoms with E-state index in [2.05, 4.69) is 21.2 Å². The highest BCUT2D eigenvalue weighted by atomic mass is 79.9. The first-order valence-electron chi connectivity index (χ1n) is 11.9. The lowest BCUT2D eigenvalue weighted by molar-refractivity contribution is -0.121. The van der Waals surface area contributed by atoms with E-state index < -0.39 is 15.9 Å². The van der Waals surface area contributed by atoms with Crippen molar-refractivity contribution in [1.82, 2.24) is 4.31 Å². The molecule has 0 saturated carbocycles. The Balaban J connectivity index is 1.55. The SMILES string of the molecule is CCC(=O)N1CCc2cc(Br)c(S(=O)(=O)N3CCCC(C(=O)Nc4ccc(OC)cc4OC)C3)cc21. The van der Waals surface area contributed by atoms with Crippen LogP contribution < -0.4 is 19.7 Å². The van der Waals surface area contributed by atoms with Gasteiger partial charge < -0.3 is 19.7 Å². The minimum absolute atomic E-state index is 0.0388. The first-order chi connectivity index (χ1) is 17.2. The minimum Gasteiger partial charge on any atom is -0.497 e. The number of amides is 2. The van der Waals surface area contributed by atoms with Gasteiger partial charge in [0.05, 0.1) is 30.7 Å². The third-order valence-corrected chi connectivity index (χ3v) is 9.50. The maximum Gasteiger partial charge on any atom is 0.244 e. The Morgan fingerprint density at radius 1 is 1.14 bits per heavy atom. The summed E-state index contributed by atoms with van der Waals surface area (Å²) in [7, 11) is -0.857. The molecule has 0 aromatic heterocycles. The molecule has 0 aliphatic carbocycles. The summed E-state index contributed by atoms with van der Waals surface area (Å²) in [5.74, 6) is 0.219. The maximum absolute atomic E-state index is 13.7. The molecule has 36 heavy (non-hydrogen) atoms. The number of carbonyl (C=O) groups is 2. The second-order valence-corrected chi connectivity index (χ2v) is 11.6. The number of carbonyl (C=O) groups excluding carboxylic acids is 2. The Bertz CT molecular complexity index is 1280. The number of sulfonamides is 1. The van der Waals surface area contributed by atoms with E-state index in [9.17, 15) is 18.0 Å². The van der Waals surface area contributed by atoms with Crippen LogP contribution in [-0.4, -0.2) is 58.4 Å². The number of anilines is 2. The van der Waals surface area contributed by atoms with E-state index in [0.717, 1.165) is 5.56 Å². The standard InChI is InChI=1S/C25H30BrN3O6S/c1-4-24(30)29-11-9-16-12-19(26)23(14-21(16)29)36(32,33)28-10-5-6-17(15-28)25(31)27-20-8-7-18(34-2)13-22(20)35-3/h7-8,12-14,17H,4-6,9-11,15H2,1-3H3,(H,27,31). The van der Waals surface area contributed by atoms with Crippen LogP contribution in [0, 0.1) is 5.92 Å². The second-order valence-electron chi connectivity index (χ2n) is 8.82. The lowest BCUT2D eigenvalue weighted by Gasteiger charge is -2.32. The van der Waals surface area contributed by atoms with Crippen LogP contribution in [0.4, 0.5) is 11.4 Å². The Morgan fingerprint density at radius 2 is 1.92 bits per heavy atom. The van der Waals surface area contributed by atoms with Gasteiger partial charge in [0.15, 0.2) is 0 Å². The number of nitrogens with zero attached hydrogens (tertiary/aromatic N) is 2. The minimum atomic E-state index is -3.90. The zero-order valence-electron chi connectivity index (χ0n) is 20.5.